The van der Waals surface area contributed by atoms with Crippen molar-refractivity contribution in [2.24, 2.45) is 5.73 Å². The average molecular weight is 330 g/mol. The topological polar surface area (TPSA) is 66.9 Å². The number of carbonyl (C=O) groups is 1. The quantitative estimate of drug-likeness (QED) is 0.872. The number of hydrogen-bond acceptors (Lipinski definition) is 5. The summed E-state index contributed by atoms with van der Waals surface area (Å²) >= 11 is 2.70. The van der Waals surface area contributed by atoms with Gasteiger partial charge in [0.2, 0.25) is 0 Å². The lowest BCUT2D eigenvalue weighted by Gasteiger charge is -2.17. The fourth-order valence-corrected chi connectivity index (χ4v) is 4.63. The summed E-state index contributed by atoms with van der Waals surface area (Å²) in [5, 5.41) is 11.2. The van der Waals surface area contributed by atoms with Gasteiger partial charge in [-0.05, 0) is 35.7 Å². The second kappa shape index (κ2) is 5.95. The van der Waals surface area contributed by atoms with Crippen LogP contribution in [0.15, 0.2) is 52.4 Å². The van der Waals surface area contributed by atoms with Crippen molar-refractivity contribution in [3.05, 3.63) is 68.6 Å². The number of carbonyl (C=O) groups excluding carboxylic acids is 1. The van der Waals surface area contributed by atoms with Crippen LogP contribution in [0.4, 0.5) is 4.39 Å². The maximum atomic E-state index is 13.0. The van der Waals surface area contributed by atoms with Gasteiger partial charge in [-0.2, -0.15) is 5.26 Å². The van der Waals surface area contributed by atoms with Crippen LogP contribution in [0.25, 0.3) is 0 Å². The van der Waals surface area contributed by atoms with Gasteiger partial charge in [0.1, 0.15) is 5.82 Å². The van der Waals surface area contributed by atoms with E-state index in [1.54, 1.807) is 0 Å². The molecule has 0 saturated carbocycles. The molecule has 3 rings (SSSR count). The van der Waals surface area contributed by atoms with E-state index in [2.05, 4.69) is 6.07 Å². The molecule has 2 aromatic rings. The standard InChI is InChI=1S/C16H11FN2OS2/c17-10-5-3-9(4-6-10)14(20)15-13(12-2-1-7-21-12)11(8-18)16(19)22-15/h1-7,13,15H,19H2/t13-,15-/m0/s1. The fourth-order valence-electron chi connectivity index (χ4n) is 2.44. The van der Waals surface area contributed by atoms with E-state index in [9.17, 15) is 14.4 Å². The second-order valence-corrected chi connectivity index (χ2v) is 6.96. The molecule has 2 N–H and O–H groups in total. The molecule has 1 aromatic carbocycles. The Bertz CT molecular complexity index is 775. The molecule has 0 amide bonds. The summed E-state index contributed by atoms with van der Waals surface area (Å²) in [6, 6.07) is 11.4. The van der Waals surface area contributed by atoms with E-state index >= 15 is 0 Å². The van der Waals surface area contributed by atoms with E-state index in [0.717, 1.165) is 4.88 Å². The predicted molar refractivity (Wildman–Crippen MR) is 86.0 cm³/mol. The molecule has 3 nitrogen and oxygen atoms in total. The molecule has 0 saturated heterocycles. The fraction of sp³-hybridized carbons (Fsp3) is 0.125. The summed E-state index contributed by atoms with van der Waals surface area (Å²) in [5.74, 6) is -0.870. The van der Waals surface area contributed by atoms with Gasteiger partial charge in [0.15, 0.2) is 5.78 Å². The van der Waals surface area contributed by atoms with E-state index in [-0.39, 0.29) is 17.5 Å². The molecular weight excluding hydrogens is 319 g/mol. The number of nitriles is 1. The van der Waals surface area contributed by atoms with Crippen molar-refractivity contribution in [2.75, 3.05) is 0 Å². The Labute approximate surface area is 135 Å². The van der Waals surface area contributed by atoms with Crippen molar-refractivity contribution < 1.29 is 9.18 Å². The Hall–Kier alpha value is -2.10. The Morgan fingerprint density at radius 1 is 1.27 bits per heavy atom. The van der Waals surface area contributed by atoms with Crippen molar-refractivity contribution in [2.45, 2.75) is 11.2 Å². The van der Waals surface area contributed by atoms with Crippen LogP contribution in [0.2, 0.25) is 0 Å². The molecule has 110 valence electrons. The number of thioether (sulfide) groups is 1. The first-order valence-corrected chi connectivity index (χ1v) is 8.27. The Balaban J connectivity index is 1.98. The second-order valence-electron chi connectivity index (χ2n) is 4.79. The summed E-state index contributed by atoms with van der Waals surface area (Å²) in [4.78, 5) is 13.7. The lowest BCUT2D eigenvalue weighted by molar-refractivity contribution is 0.0986. The molecule has 1 aliphatic rings. The zero-order valence-corrected chi connectivity index (χ0v) is 13.0. The van der Waals surface area contributed by atoms with Gasteiger partial charge in [-0.3, -0.25) is 4.79 Å². The zero-order valence-electron chi connectivity index (χ0n) is 11.3. The molecule has 2 atom stereocenters. The first-order chi connectivity index (χ1) is 10.6. The number of ketones is 1. The lowest BCUT2D eigenvalue weighted by atomic mass is 9.90. The number of Topliss-reactive ketones (excluding diaryl/α,β-unsaturated/α-hetero) is 1. The summed E-state index contributed by atoms with van der Waals surface area (Å²) in [6.45, 7) is 0. The van der Waals surface area contributed by atoms with Crippen LogP contribution in [0.1, 0.15) is 21.2 Å². The highest BCUT2D eigenvalue weighted by Crippen LogP contribution is 2.47. The van der Waals surface area contributed by atoms with Gasteiger partial charge in [0.05, 0.1) is 27.8 Å². The minimum absolute atomic E-state index is 0.142. The van der Waals surface area contributed by atoms with Crippen LogP contribution in [-0.2, 0) is 0 Å². The Morgan fingerprint density at radius 3 is 2.59 bits per heavy atom. The molecule has 0 spiro atoms. The molecule has 1 aliphatic heterocycles. The summed E-state index contributed by atoms with van der Waals surface area (Å²) in [6.07, 6.45) is 0. The highest BCUT2D eigenvalue weighted by atomic mass is 32.2. The third kappa shape index (κ3) is 2.54. The average Bonchev–Trinajstić information content (AvgIpc) is 3.14. The number of benzene rings is 1. The van der Waals surface area contributed by atoms with Gasteiger partial charge in [-0.25, -0.2) is 4.39 Å². The third-order valence-electron chi connectivity index (χ3n) is 3.49. The maximum absolute atomic E-state index is 13.0. The Morgan fingerprint density at radius 2 is 2.00 bits per heavy atom. The van der Waals surface area contributed by atoms with E-state index < -0.39 is 5.25 Å². The highest BCUT2D eigenvalue weighted by Gasteiger charge is 2.41. The predicted octanol–water partition coefficient (Wildman–Crippen LogP) is 3.66. The molecular formula is C16H11FN2OS2. The van der Waals surface area contributed by atoms with Gasteiger partial charge in [-0.1, -0.05) is 17.8 Å². The Kier molecular flexibility index (Phi) is 4.01. The van der Waals surface area contributed by atoms with Gasteiger partial charge in [0.25, 0.3) is 0 Å². The van der Waals surface area contributed by atoms with Crippen LogP contribution in [0, 0.1) is 17.1 Å². The number of nitrogens with zero attached hydrogens (tertiary/aromatic N) is 1. The number of hydrogen-bond donors (Lipinski definition) is 1. The third-order valence-corrected chi connectivity index (χ3v) is 5.66. The van der Waals surface area contributed by atoms with Crippen LogP contribution in [-0.4, -0.2) is 11.0 Å². The minimum atomic E-state index is -0.487. The highest BCUT2D eigenvalue weighted by molar-refractivity contribution is 8.04. The van der Waals surface area contributed by atoms with Gasteiger partial charge in [0, 0.05) is 10.4 Å². The van der Waals surface area contributed by atoms with Gasteiger partial charge >= 0.3 is 0 Å². The van der Waals surface area contributed by atoms with Crippen LogP contribution >= 0.6 is 23.1 Å². The normalized spacial score (nSPS) is 20.9. The van der Waals surface area contributed by atoms with E-state index in [0.29, 0.717) is 16.2 Å². The number of rotatable bonds is 3. The lowest BCUT2D eigenvalue weighted by Crippen LogP contribution is -2.22. The molecule has 0 radical (unpaired) electrons. The largest absolute Gasteiger partial charge is 0.393 e. The van der Waals surface area contributed by atoms with E-state index in [4.69, 9.17) is 5.73 Å². The summed E-state index contributed by atoms with van der Waals surface area (Å²) in [7, 11) is 0. The number of thiophene rings is 1. The molecule has 22 heavy (non-hydrogen) atoms. The first-order valence-electron chi connectivity index (χ1n) is 6.51. The smallest absolute Gasteiger partial charge is 0.177 e. The van der Waals surface area contributed by atoms with Gasteiger partial charge < -0.3 is 5.73 Å². The molecule has 2 heterocycles. The monoisotopic (exact) mass is 330 g/mol. The SMILES string of the molecule is N#CC1=C(N)S[C@H](C(=O)c2ccc(F)cc2)[C@@H]1c1cccs1. The van der Waals surface area contributed by atoms with Crippen LogP contribution in [0.3, 0.4) is 0 Å². The number of halogens is 1. The van der Waals surface area contributed by atoms with Gasteiger partial charge in [-0.15, -0.1) is 11.3 Å². The van der Waals surface area contributed by atoms with Crippen LogP contribution in [0.5, 0.6) is 0 Å². The summed E-state index contributed by atoms with van der Waals surface area (Å²) in [5.41, 5.74) is 6.79. The molecule has 0 fully saturated rings. The van der Waals surface area contributed by atoms with Crippen molar-refractivity contribution in [3.63, 3.8) is 0 Å². The molecule has 1 aromatic heterocycles. The van der Waals surface area contributed by atoms with Crippen LogP contribution < -0.4 is 5.73 Å². The van der Waals surface area contributed by atoms with E-state index in [1.165, 1.54) is 47.4 Å². The molecule has 0 aliphatic carbocycles. The van der Waals surface area contributed by atoms with Crippen molar-refractivity contribution in [1.29, 1.82) is 5.26 Å². The number of allylic oxidation sites excluding steroid dienone is 1. The molecule has 0 bridgehead atoms. The zero-order chi connectivity index (χ0) is 15.7. The molecule has 6 heteroatoms. The summed E-state index contributed by atoms with van der Waals surface area (Å²) < 4.78 is 13.0. The number of nitrogens with two attached hydrogens (primary N) is 1. The maximum Gasteiger partial charge on any atom is 0.177 e. The van der Waals surface area contributed by atoms with E-state index in [1.807, 2.05) is 17.5 Å². The van der Waals surface area contributed by atoms with Crippen molar-refractivity contribution in [1.82, 2.24) is 0 Å². The first kappa shape index (κ1) is 14.8. The molecule has 0 unspecified atom stereocenters. The van der Waals surface area contributed by atoms with Crippen molar-refractivity contribution >= 4 is 28.9 Å². The minimum Gasteiger partial charge on any atom is -0.393 e. The van der Waals surface area contributed by atoms with Crippen molar-refractivity contribution in [3.8, 4) is 6.07 Å².